The van der Waals surface area contributed by atoms with Crippen molar-refractivity contribution in [3.8, 4) is 0 Å². The van der Waals surface area contributed by atoms with Crippen molar-refractivity contribution >= 4 is 22.5 Å². The highest BCUT2D eigenvalue weighted by atomic mass is 32.1. The van der Waals surface area contributed by atoms with Crippen LogP contribution in [-0.2, 0) is 6.42 Å². The number of hydrogen-bond donors (Lipinski definition) is 2. The van der Waals surface area contributed by atoms with Gasteiger partial charge < -0.3 is 15.3 Å². The van der Waals surface area contributed by atoms with Crippen LogP contribution in [0.2, 0.25) is 0 Å². The summed E-state index contributed by atoms with van der Waals surface area (Å²) in [6.45, 7) is 9.53. The van der Waals surface area contributed by atoms with Crippen LogP contribution < -0.4 is 10.2 Å². The van der Waals surface area contributed by atoms with E-state index in [4.69, 9.17) is 4.98 Å². The van der Waals surface area contributed by atoms with Gasteiger partial charge in [-0.15, -0.1) is 11.3 Å². The van der Waals surface area contributed by atoms with Crippen molar-refractivity contribution in [2.45, 2.75) is 58.2 Å². The van der Waals surface area contributed by atoms with E-state index in [1.165, 1.54) is 11.1 Å². The molecule has 1 aromatic heterocycles. The number of aliphatic hydroxyl groups excluding tert-OH is 1. The van der Waals surface area contributed by atoms with E-state index >= 15 is 0 Å². The summed E-state index contributed by atoms with van der Waals surface area (Å²) in [6, 6.07) is 9.56. The molecule has 5 heteroatoms. The van der Waals surface area contributed by atoms with Crippen LogP contribution in [0.5, 0.6) is 0 Å². The van der Waals surface area contributed by atoms with E-state index in [1.807, 2.05) is 6.92 Å². The van der Waals surface area contributed by atoms with Crippen LogP contribution in [0.1, 0.15) is 50.4 Å². The number of aromatic nitrogens is 1. The molecule has 0 unspecified atom stereocenters. The minimum Gasteiger partial charge on any atom is -0.394 e. The Kier molecular flexibility index (Phi) is 6.68. The van der Waals surface area contributed by atoms with Crippen LogP contribution in [0, 0.1) is 0 Å². The zero-order valence-electron chi connectivity index (χ0n) is 16.7. The van der Waals surface area contributed by atoms with E-state index in [0.717, 1.165) is 23.8 Å². The second-order valence-electron chi connectivity index (χ2n) is 7.45. The van der Waals surface area contributed by atoms with Gasteiger partial charge in [-0.1, -0.05) is 57.2 Å². The zero-order valence-corrected chi connectivity index (χ0v) is 17.5. The molecule has 0 aliphatic carbocycles. The lowest BCUT2D eigenvalue weighted by Crippen LogP contribution is -2.67. The van der Waals surface area contributed by atoms with Crippen LogP contribution in [0.3, 0.4) is 0 Å². The SMILES string of the molecule is C/C=C/c1ccc([C@@H]2[C@@H](CO)N(c3nc(CC)cs3)[C@@H]2CNC(C)C)cc1. The summed E-state index contributed by atoms with van der Waals surface area (Å²) < 4.78 is 0. The van der Waals surface area contributed by atoms with Gasteiger partial charge in [0.05, 0.1) is 24.4 Å². The van der Waals surface area contributed by atoms with Crippen LogP contribution in [0.25, 0.3) is 6.08 Å². The number of rotatable bonds is 8. The number of hydrogen-bond acceptors (Lipinski definition) is 5. The Hall–Kier alpha value is -1.69. The predicted molar refractivity (Wildman–Crippen MR) is 116 cm³/mol. The quantitative estimate of drug-likeness (QED) is 0.719. The first-order valence-corrected chi connectivity index (χ1v) is 10.8. The van der Waals surface area contributed by atoms with Crippen LogP contribution in [0.4, 0.5) is 5.13 Å². The number of allylic oxidation sites excluding steroid dienone is 1. The number of nitrogens with one attached hydrogen (secondary N) is 1. The monoisotopic (exact) mass is 385 g/mol. The molecule has 3 atom stereocenters. The van der Waals surface area contributed by atoms with E-state index in [-0.39, 0.29) is 12.6 Å². The molecule has 0 radical (unpaired) electrons. The van der Waals surface area contributed by atoms with Crippen molar-refractivity contribution in [1.82, 2.24) is 10.3 Å². The average Bonchev–Trinajstić information content (AvgIpc) is 3.11. The largest absolute Gasteiger partial charge is 0.394 e. The lowest BCUT2D eigenvalue weighted by Gasteiger charge is -2.55. The van der Waals surface area contributed by atoms with Crippen LogP contribution in [-0.4, -0.2) is 41.4 Å². The Morgan fingerprint density at radius 3 is 2.56 bits per heavy atom. The Morgan fingerprint density at radius 2 is 2.00 bits per heavy atom. The van der Waals surface area contributed by atoms with Crippen molar-refractivity contribution in [2.24, 2.45) is 0 Å². The molecule has 3 rings (SSSR count). The molecule has 1 aromatic carbocycles. The second kappa shape index (κ2) is 9.00. The molecule has 0 amide bonds. The lowest BCUT2D eigenvalue weighted by atomic mass is 9.75. The smallest absolute Gasteiger partial charge is 0.186 e. The first kappa shape index (κ1) is 20.1. The molecule has 0 spiro atoms. The van der Waals surface area contributed by atoms with Crippen molar-refractivity contribution in [2.75, 3.05) is 18.1 Å². The van der Waals surface area contributed by atoms with Gasteiger partial charge in [0.25, 0.3) is 0 Å². The Balaban J connectivity index is 1.88. The third kappa shape index (κ3) is 4.26. The topological polar surface area (TPSA) is 48.4 Å². The van der Waals surface area contributed by atoms with Gasteiger partial charge in [-0.05, 0) is 24.5 Å². The molecule has 4 nitrogen and oxygen atoms in total. The fourth-order valence-corrected chi connectivity index (χ4v) is 4.88. The number of thiazole rings is 1. The van der Waals surface area contributed by atoms with Crippen molar-refractivity contribution in [3.63, 3.8) is 0 Å². The molecule has 1 fully saturated rings. The highest BCUT2D eigenvalue weighted by Gasteiger charge is 2.49. The summed E-state index contributed by atoms with van der Waals surface area (Å²) in [6.07, 6.45) is 5.11. The van der Waals surface area contributed by atoms with Gasteiger partial charge in [0.2, 0.25) is 0 Å². The number of benzene rings is 1. The molecule has 0 saturated carbocycles. The molecule has 27 heavy (non-hydrogen) atoms. The first-order chi connectivity index (χ1) is 13.1. The van der Waals surface area contributed by atoms with E-state index in [1.54, 1.807) is 11.3 Å². The number of aryl methyl sites for hydroxylation is 1. The van der Waals surface area contributed by atoms with Gasteiger partial charge in [0.1, 0.15) is 0 Å². The van der Waals surface area contributed by atoms with E-state index in [0.29, 0.717) is 18.0 Å². The normalized spacial score (nSPS) is 22.6. The summed E-state index contributed by atoms with van der Waals surface area (Å²) in [4.78, 5) is 7.11. The molecule has 1 aliphatic heterocycles. The fourth-order valence-electron chi connectivity index (χ4n) is 3.86. The van der Waals surface area contributed by atoms with Gasteiger partial charge in [-0.3, -0.25) is 0 Å². The summed E-state index contributed by atoms with van der Waals surface area (Å²) in [5.74, 6) is 0.301. The minimum absolute atomic E-state index is 0.0763. The van der Waals surface area contributed by atoms with Gasteiger partial charge in [-0.25, -0.2) is 4.98 Å². The molecule has 146 valence electrons. The molecule has 2 heterocycles. The Bertz CT molecular complexity index is 753. The Morgan fingerprint density at radius 1 is 1.26 bits per heavy atom. The third-order valence-electron chi connectivity index (χ3n) is 5.27. The van der Waals surface area contributed by atoms with E-state index in [9.17, 15) is 5.11 Å². The molecular weight excluding hydrogens is 354 g/mol. The lowest BCUT2D eigenvalue weighted by molar-refractivity contribution is 0.166. The average molecular weight is 386 g/mol. The van der Waals surface area contributed by atoms with Crippen molar-refractivity contribution in [3.05, 3.63) is 52.5 Å². The number of aliphatic hydroxyl groups is 1. The molecule has 1 aliphatic rings. The van der Waals surface area contributed by atoms with Gasteiger partial charge >= 0.3 is 0 Å². The maximum absolute atomic E-state index is 10.2. The molecule has 2 N–H and O–H groups in total. The summed E-state index contributed by atoms with van der Waals surface area (Å²) in [5, 5.41) is 16.9. The second-order valence-corrected chi connectivity index (χ2v) is 8.29. The van der Waals surface area contributed by atoms with E-state index in [2.05, 4.69) is 72.8 Å². The summed E-state index contributed by atoms with van der Waals surface area (Å²) in [5.41, 5.74) is 3.63. The van der Waals surface area contributed by atoms with Gasteiger partial charge in [-0.2, -0.15) is 0 Å². The maximum Gasteiger partial charge on any atom is 0.186 e. The highest BCUT2D eigenvalue weighted by Crippen LogP contribution is 2.44. The molecule has 2 aromatic rings. The van der Waals surface area contributed by atoms with Crippen LogP contribution >= 0.6 is 11.3 Å². The zero-order chi connectivity index (χ0) is 19.4. The maximum atomic E-state index is 10.2. The number of anilines is 1. The predicted octanol–water partition coefficient (Wildman–Crippen LogP) is 4.07. The van der Waals surface area contributed by atoms with Crippen LogP contribution in [0.15, 0.2) is 35.7 Å². The van der Waals surface area contributed by atoms with E-state index < -0.39 is 0 Å². The molecular formula is C22H31N3OS. The Labute approximate surface area is 167 Å². The standard InChI is InChI=1S/C22H31N3OS/c1-5-7-16-8-10-17(11-9-16)21-19(12-23-15(3)4)25(20(21)13-26)22-24-18(6-2)14-27-22/h5,7-11,14-15,19-21,23,26H,6,12-13H2,1-4H3/b7-5+/t19-,20-,21+/m1/s1. The summed E-state index contributed by atoms with van der Waals surface area (Å²) in [7, 11) is 0. The van der Waals surface area contributed by atoms with Crippen molar-refractivity contribution < 1.29 is 5.11 Å². The third-order valence-corrected chi connectivity index (χ3v) is 6.17. The van der Waals surface area contributed by atoms with Gasteiger partial charge in [0.15, 0.2) is 5.13 Å². The first-order valence-electron chi connectivity index (χ1n) is 9.88. The molecule has 1 saturated heterocycles. The number of nitrogens with zero attached hydrogens (tertiary/aromatic N) is 2. The highest BCUT2D eigenvalue weighted by molar-refractivity contribution is 7.13. The fraction of sp³-hybridized carbons (Fsp3) is 0.500. The molecule has 0 bridgehead atoms. The summed E-state index contributed by atoms with van der Waals surface area (Å²) >= 11 is 1.69. The van der Waals surface area contributed by atoms with Crippen molar-refractivity contribution in [1.29, 1.82) is 0 Å². The minimum atomic E-state index is 0.0763. The van der Waals surface area contributed by atoms with Gasteiger partial charge in [0, 0.05) is 23.9 Å².